The minimum absolute atomic E-state index is 0.204. The Bertz CT molecular complexity index is 1170. The summed E-state index contributed by atoms with van der Waals surface area (Å²) in [5.74, 6) is 0.408. The molecular weight excluding hydrogens is 396 g/mol. The lowest BCUT2D eigenvalue weighted by Crippen LogP contribution is -2.31. The van der Waals surface area contributed by atoms with Gasteiger partial charge in [0.2, 0.25) is 0 Å². The lowest BCUT2D eigenvalue weighted by atomic mass is 10.1. The molecule has 3 rings (SSSR count). The number of nitrogens with zero attached hydrogens (tertiary/aromatic N) is 2. The molecule has 1 heterocycles. The first-order valence-corrected chi connectivity index (χ1v) is 9.17. The van der Waals surface area contributed by atoms with Gasteiger partial charge < -0.3 is 10.1 Å². The number of H-pyrrole nitrogens is 1. The number of carbonyl (C=O) groups excluding carboxylic acids is 1. The highest BCUT2D eigenvalue weighted by Gasteiger charge is 2.13. The molecule has 1 aromatic heterocycles. The maximum absolute atomic E-state index is 12.6. The lowest BCUT2D eigenvalue weighted by molar-refractivity contribution is 0.0954. The third-order valence-corrected chi connectivity index (χ3v) is 4.71. The van der Waals surface area contributed by atoms with Crippen LogP contribution >= 0.6 is 11.6 Å². The van der Waals surface area contributed by atoms with Crippen molar-refractivity contribution >= 4 is 17.5 Å². The third kappa shape index (κ3) is 4.72. The average Bonchev–Trinajstić information content (AvgIpc) is 2.69. The maximum Gasteiger partial charge on any atom is 0.349 e. The number of carbonyl (C=O) groups is 1. The number of rotatable bonds is 6. The molecule has 0 aliphatic heterocycles. The van der Waals surface area contributed by atoms with Gasteiger partial charge in [0.25, 0.3) is 11.5 Å². The van der Waals surface area contributed by atoms with Gasteiger partial charge in [-0.05, 0) is 54.8 Å². The molecule has 0 saturated carbocycles. The first-order valence-electron chi connectivity index (χ1n) is 8.79. The van der Waals surface area contributed by atoms with Gasteiger partial charge in [-0.2, -0.15) is 9.78 Å². The minimum atomic E-state index is -0.707. The van der Waals surface area contributed by atoms with Crippen LogP contribution in [0, 0.1) is 6.92 Å². The van der Waals surface area contributed by atoms with Crippen LogP contribution in [0.1, 0.15) is 21.5 Å². The molecule has 0 aliphatic rings. The third-order valence-electron chi connectivity index (χ3n) is 4.38. The van der Waals surface area contributed by atoms with Gasteiger partial charge in [-0.15, -0.1) is 0 Å². The van der Waals surface area contributed by atoms with Crippen LogP contribution in [0.15, 0.2) is 52.2 Å². The molecule has 0 radical (unpaired) electrons. The molecule has 0 aliphatic carbocycles. The van der Waals surface area contributed by atoms with Crippen LogP contribution in [0.4, 0.5) is 0 Å². The van der Waals surface area contributed by atoms with Gasteiger partial charge in [0, 0.05) is 6.54 Å². The Morgan fingerprint density at radius 1 is 1.24 bits per heavy atom. The molecule has 29 heavy (non-hydrogen) atoms. The largest absolute Gasteiger partial charge is 0.497 e. The van der Waals surface area contributed by atoms with E-state index in [4.69, 9.17) is 16.3 Å². The number of aryl methyl sites for hydroxylation is 1. The second kappa shape index (κ2) is 8.74. The second-order valence-corrected chi connectivity index (χ2v) is 6.72. The Morgan fingerprint density at radius 2 is 2.03 bits per heavy atom. The van der Waals surface area contributed by atoms with E-state index in [0.717, 1.165) is 27.8 Å². The van der Waals surface area contributed by atoms with E-state index in [-0.39, 0.29) is 16.5 Å². The Labute approximate surface area is 171 Å². The van der Waals surface area contributed by atoms with Gasteiger partial charge in [-0.1, -0.05) is 17.7 Å². The maximum atomic E-state index is 12.6. The van der Waals surface area contributed by atoms with Crippen molar-refractivity contribution < 1.29 is 9.53 Å². The Balaban J connectivity index is 1.74. The summed E-state index contributed by atoms with van der Waals surface area (Å²) < 4.78 is 6.17. The van der Waals surface area contributed by atoms with Crippen molar-refractivity contribution in [1.29, 1.82) is 0 Å². The van der Waals surface area contributed by atoms with E-state index in [0.29, 0.717) is 18.7 Å². The normalized spacial score (nSPS) is 10.6. The monoisotopic (exact) mass is 414 g/mol. The predicted octanol–water partition coefficient (Wildman–Crippen LogP) is 1.86. The molecule has 0 unspecified atom stereocenters. The fourth-order valence-corrected chi connectivity index (χ4v) is 3.04. The number of methoxy groups -OCH3 is 1. The molecule has 0 bridgehead atoms. The molecule has 0 atom stereocenters. The smallest absolute Gasteiger partial charge is 0.349 e. The number of nitrogens with one attached hydrogen (secondary N) is 2. The number of amides is 1. The highest BCUT2D eigenvalue weighted by molar-refractivity contribution is 6.33. The van der Waals surface area contributed by atoms with Crippen LogP contribution in [0.3, 0.4) is 0 Å². The van der Waals surface area contributed by atoms with Gasteiger partial charge in [0.1, 0.15) is 11.9 Å². The van der Waals surface area contributed by atoms with Crippen LogP contribution in [-0.4, -0.2) is 34.3 Å². The van der Waals surface area contributed by atoms with E-state index < -0.39 is 11.2 Å². The average molecular weight is 415 g/mol. The zero-order chi connectivity index (χ0) is 21.0. The van der Waals surface area contributed by atoms with Crippen molar-refractivity contribution in [3.05, 3.63) is 85.1 Å². The number of hydrogen-bond acceptors (Lipinski definition) is 5. The van der Waals surface area contributed by atoms with Crippen LogP contribution < -0.4 is 21.3 Å². The molecule has 3 aromatic rings. The summed E-state index contributed by atoms with van der Waals surface area (Å²) in [5.41, 5.74) is 1.37. The number of aromatic amines is 1. The second-order valence-electron chi connectivity index (χ2n) is 6.31. The van der Waals surface area contributed by atoms with Crippen molar-refractivity contribution in [2.75, 3.05) is 13.7 Å². The molecule has 150 valence electrons. The van der Waals surface area contributed by atoms with E-state index in [9.17, 15) is 14.4 Å². The van der Waals surface area contributed by atoms with E-state index in [1.165, 1.54) is 18.2 Å². The molecule has 9 heteroatoms. The highest BCUT2D eigenvalue weighted by atomic mass is 35.5. The van der Waals surface area contributed by atoms with Crippen molar-refractivity contribution in [3.8, 4) is 11.4 Å². The molecule has 0 saturated heterocycles. The summed E-state index contributed by atoms with van der Waals surface area (Å²) in [6, 6.07) is 10.3. The number of aromatic nitrogens is 3. The topological polar surface area (TPSA) is 106 Å². The number of ether oxygens (including phenoxy) is 1. The van der Waals surface area contributed by atoms with E-state index in [1.807, 2.05) is 25.1 Å². The van der Waals surface area contributed by atoms with Gasteiger partial charge in [-0.25, -0.2) is 4.79 Å². The van der Waals surface area contributed by atoms with Crippen LogP contribution in [0.5, 0.6) is 5.75 Å². The number of hydrogen-bond donors (Lipinski definition) is 2. The summed E-state index contributed by atoms with van der Waals surface area (Å²) in [6.07, 6.45) is 1.62. The zero-order valence-electron chi connectivity index (χ0n) is 15.9. The minimum Gasteiger partial charge on any atom is -0.497 e. The number of halogens is 1. The zero-order valence-corrected chi connectivity index (χ0v) is 16.6. The van der Waals surface area contributed by atoms with Crippen molar-refractivity contribution in [1.82, 2.24) is 20.1 Å². The Hall–Kier alpha value is -3.39. The van der Waals surface area contributed by atoms with Gasteiger partial charge in [0.15, 0.2) is 0 Å². The van der Waals surface area contributed by atoms with E-state index >= 15 is 0 Å². The molecular formula is C20H19ClN4O4. The Kier molecular flexibility index (Phi) is 6.13. The fourth-order valence-electron chi connectivity index (χ4n) is 2.84. The summed E-state index contributed by atoms with van der Waals surface area (Å²) in [6.45, 7) is 2.39. The van der Waals surface area contributed by atoms with Crippen LogP contribution in [0.2, 0.25) is 5.02 Å². The summed E-state index contributed by atoms with van der Waals surface area (Å²) in [7, 11) is 1.61. The summed E-state index contributed by atoms with van der Waals surface area (Å²) in [5, 5.41) is 6.85. The molecule has 0 fully saturated rings. The Morgan fingerprint density at radius 3 is 2.72 bits per heavy atom. The lowest BCUT2D eigenvalue weighted by Gasteiger charge is -2.11. The first kappa shape index (κ1) is 20.3. The fraction of sp³-hybridized carbons (Fsp3) is 0.200. The van der Waals surface area contributed by atoms with Crippen LogP contribution in [0.25, 0.3) is 5.69 Å². The van der Waals surface area contributed by atoms with Gasteiger partial charge >= 0.3 is 5.69 Å². The van der Waals surface area contributed by atoms with Crippen LogP contribution in [-0.2, 0) is 6.42 Å². The summed E-state index contributed by atoms with van der Waals surface area (Å²) in [4.78, 5) is 37.8. The molecule has 2 N–H and O–H groups in total. The quantitative estimate of drug-likeness (QED) is 0.640. The predicted molar refractivity (Wildman–Crippen MR) is 109 cm³/mol. The molecule has 0 spiro atoms. The highest BCUT2D eigenvalue weighted by Crippen LogP contribution is 2.19. The SMILES string of the molecule is COc1ccc(CCNC(=O)c2cc(-n3ncc(=O)[nH]c3=O)ccc2Cl)c(C)c1. The van der Waals surface area contributed by atoms with Gasteiger partial charge in [-0.3, -0.25) is 14.6 Å². The summed E-state index contributed by atoms with van der Waals surface area (Å²) >= 11 is 6.16. The first-order chi connectivity index (χ1) is 13.9. The molecule has 2 aromatic carbocycles. The van der Waals surface area contributed by atoms with Gasteiger partial charge in [0.05, 0.1) is 23.4 Å². The van der Waals surface area contributed by atoms with Crippen molar-refractivity contribution in [3.63, 3.8) is 0 Å². The van der Waals surface area contributed by atoms with Crippen molar-refractivity contribution in [2.45, 2.75) is 13.3 Å². The number of benzene rings is 2. The van der Waals surface area contributed by atoms with E-state index in [1.54, 1.807) is 7.11 Å². The van der Waals surface area contributed by atoms with Crippen molar-refractivity contribution in [2.24, 2.45) is 0 Å². The molecule has 8 nitrogen and oxygen atoms in total. The standard InChI is InChI=1S/C20H19ClN4O4/c1-12-9-15(29-2)5-3-13(12)7-8-22-19(27)16-10-14(4-6-17(16)21)25-20(28)24-18(26)11-23-25/h3-6,9-11H,7-8H2,1-2H3,(H,22,27)(H,24,26,28). The van der Waals surface area contributed by atoms with E-state index in [2.05, 4.69) is 15.4 Å². The molecule has 1 amide bonds.